The van der Waals surface area contributed by atoms with Crippen LogP contribution in [0.15, 0.2) is 0 Å². The van der Waals surface area contributed by atoms with Crippen LogP contribution in [-0.2, 0) is 9.59 Å². The Kier molecular flexibility index (Phi) is 5.35. The van der Waals surface area contributed by atoms with Gasteiger partial charge in [-0.05, 0) is 18.8 Å². The Morgan fingerprint density at radius 2 is 1.93 bits per heavy atom. The molecule has 0 bridgehead atoms. The number of nitrogens with one attached hydrogen (secondary N) is 1. The molecule has 1 aliphatic carbocycles. The largest absolute Gasteiger partial charge is 0.351 e. The maximum atomic E-state index is 11.5. The molecule has 0 aromatic rings. The molecule has 0 unspecified atom stereocenters. The van der Waals surface area contributed by atoms with Crippen molar-refractivity contribution in [2.24, 2.45) is 5.92 Å². The summed E-state index contributed by atoms with van der Waals surface area (Å²) in [6.07, 6.45) is 6.18. The van der Waals surface area contributed by atoms with Gasteiger partial charge in [-0.1, -0.05) is 19.3 Å². The van der Waals surface area contributed by atoms with Crippen molar-refractivity contribution in [1.29, 1.82) is 0 Å². The average molecular weight is 324 g/mol. The van der Waals surface area contributed by atoms with Gasteiger partial charge in [0.05, 0.1) is 22.9 Å². The van der Waals surface area contributed by atoms with E-state index in [2.05, 4.69) is 5.32 Å². The molecule has 0 spiro atoms. The zero-order chi connectivity index (χ0) is 11.3. The van der Waals surface area contributed by atoms with Gasteiger partial charge in [0, 0.05) is 13.6 Å². The predicted molar refractivity (Wildman–Crippen MR) is 66.4 cm³/mol. The normalized spacial score (nSPS) is 17.2. The fourth-order valence-corrected chi connectivity index (χ4v) is 2.67. The highest BCUT2D eigenvalue weighted by molar-refractivity contribution is 14.1. The van der Waals surface area contributed by atoms with E-state index in [9.17, 15) is 9.59 Å². The second kappa shape index (κ2) is 6.30. The lowest BCUT2D eigenvalue weighted by atomic mass is 9.89. The molecule has 0 heterocycles. The lowest BCUT2D eigenvalue weighted by Crippen LogP contribution is -2.38. The highest BCUT2D eigenvalue weighted by Gasteiger charge is 2.22. The molecule has 0 aromatic carbocycles. The van der Waals surface area contributed by atoms with Gasteiger partial charge in [-0.2, -0.15) is 0 Å². The van der Waals surface area contributed by atoms with Gasteiger partial charge in [-0.15, -0.1) is 0 Å². The second-order valence-corrected chi connectivity index (χ2v) is 5.10. The summed E-state index contributed by atoms with van der Waals surface area (Å²) in [6.45, 7) is 0.701. The number of amides is 2. The van der Waals surface area contributed by atoms with Crippen molar-refractivity contribution in [3.8, 4) is 0 Å². The molecule has 1 aliphatic rings. The molecule has 1 fully saturated rings. The van der Waals surface area contributed by atoms with Gasteiger partial charge in [0.15, 0.2) is 0 Å². The number of likely N-dealkylation sites (N-methyl/N-ethyl adjacent to an activating group) is 1. The maximum Gasteiger partial charge on any atom is 0.320 e. The van der Waals surface area contributed by atoms with E-state index < -0.39 is 11.8 Å². The van der Waals surface area contributed by atoms with E-state index in [0.29, 0.717) is 12.5 Å². The lowest BCUT2D eigenvalue weighted by molar-refractivity contribution is -0.141. The molecular weight excluding hydrogens is 307 g/mol. The highest BCUT2D eigenvalue weighted by Crippen LogP contribution is 2.25. The van der Waals surface area contributed by atoms with E-state index in [1.165, 1.54) is 42.3 Å². The van der Waals surface area contributed by atoms with Crippen LogP contribution in [0.1, 0.15) is 32.1 Å². The monoisotopic (exact) mass is 324 g/mol. The summed E-state index contributed by atoms with van der Waals surface area (Å²) in [6, 6.07) is 0. The molecule has 4 nitrogen and oxygen atoms in total. The van der Waals surface area contributed by atoms with Crippen molar-refractivity contribution >= 4 is 34.7 Å². The lowest BCUT2D eigenvalue weighted by Gasteiger charge is -2.25. The standard InChI is InChI=1S/C10H17IN2O2/c1-12-9(14)10(15)13(11)7-8-5-3-2-4-6-8/h8H,2-7H2,1H3,(H,12,14). The molecule has 1 rings (SSSR count). The quantitative estimate of drug-likeness (QED) is 0.475. The summed E-state index contributed by atoms with van der Waals surface area (Å²) < 4.78 is 1.51. The topological polar surface area (TPSA) is 49.4 Å². The first kappa shape index (κ1) is 12.7. The smallest absolute Gasteiger partial charge is 0.320 e. The van der Waals surface area contributed by atoms with Gasteiger partial charge >= 0.3 is 11.8 Å². The SMILES string of the molecule is CNC(=O)C(=O)N(I)CC1CCCCC1. The van der Waals surface area contributed by atoms with Crippen LogP contribution >= 0.6 is 22.9 Å². The molecule has 86 valence electrons. The predicted octanol–water partition coefficient (Wildman–Crippen LogP) is 1.49. The van der Waals surface area contributed by atoms with E-state index >= 15 is 0 Å². The number of nitrogens with zero attached hydrogens (tertiary/aromatic N) is 1. The van der Waals surface area contributed by atoms with Crippen LogP contribution in [0.5, 0.6) is 0 Å². The third kappa shape index (κ3) is 3.96. The third-order valence-corrected chi connectivity index (χ3v) is 3.62. The third-order valence-electron chi connectivity index (χ3n) is 2.78. The zero-order valence-electron chi connectivity index (χ0n) is 8.96. The first-order valence-corrected chi connectivity index (χ1v) is 6.31. The Morgan fingerprint density at radius 3 is 2.47 bits per heavy atom. The summed E-state index contributed by atoms with van der Waals surface area (Å²) in [5.41, 5.74) is 0. The van der Waals surface area contributed by atoms with E-state index in [4.69, 9.17) is 0 Å². The van der Waals surface area contributed by atoms with E-state index in [0.717, 1.165) is 0 Å². The number of halogens is 1. The molecule has 0 aromatic heterocycles. The van der Waals surface area contributed by atoms with Crippen molar-refractivity contribution in [2.45, 2.75) is 32.1 Å². The first-order chi connectivity index (χ1) is 7.15. The molecule has 15 heavy (non-hydrogen) atoms. The Bertz CT molecular complexity index is 240. The molecular formula is C10H17IN2O2. The van der Waals surface area contributed by atoms with Gasteiger partial charge in [-0.25, -0.2) is 0 Å². The summed E-state index contributed by atoms with van der Waals surface area (Å²) in [4.78, 5) is 22.5. The van der Waals surface area contributed by atoms with E-state index in [1.807, 2.05) is 22.9 Å². The summed E-state index contributed by atoms with van der Waals surface area (Å²) in [5.74, 6) is -0.395. The Hall–Kier alpha value is -0.330. The number of rotatable bonds is 2. The van der Waals surface area contributed by atoms with Crippen molar-refractivity contribution < 1.29 is 9.59 Å². The van der Waals surface area contributed by atoms with E-state index in [-0.39, 0.29) is 0 Å². The molecule has 0 aliphatic heterocycles. The summed E-state index contributed by atoms with van der Waals surface area (Å²) in [5, 5.41) is 2.35. The fourth-order valence-electron chi connectivity index (χ4n) is 1.90. The zero-order valence-corrected chi connectivity index (χ0v) is 11.1. The van der Waals surface area contributed by atoms with E-state index in [1.54, 1.807) is 0 Å². The van der Waals surface area contributed by atoms with Gasteiger partial charge in [0.2, 0.25) is 0 Å². The van der Waals surface area contributed by atoms with Crippen LogP contribution < -0.4 is 5.32 Å². The Morgan fingerprint density at radius 1 is 1.33 bits per heavy atom. The molecule has 5 heteroatoms. The second-order valence-electron chi connectivity index (χ2n) is 3.93. The van der Waals surface area contributed by atoms with Gasteiger partial charge in [0.1, 0.15) is 0 Å². The molecule has 0 radical (unpaired) electrons. The van der Waals surface area contributed by atoms with Gasteiger partial charge < -0.3 is 5.32 Å². The minimum atomic E-state index is -0.528. The summed E-state index contributed by atoms with van der Waals surface area (Å²) >= 11 is 1.93. The molecule has 2 amide bonds. The molecule has 0 saturated heterocycles. The Balaban J connectivity index is 2.36. The maximum absolute atomic E-state index is 11.5. The van der Waals surface area contributed by atoms with Crippen molar-refractivity contribution in [3.05, 3.63) is 0 Å². The number of hydrogen-bond acceptors (Lipinski definition) is 2. The first-order valence-electron chi connectivity index (χ1n) is 5.34. The van der Waals surface area contributed by atoms with Crippen LogP contribution in [-0.4, -0.2) is 28.5 Å². The molecule has 1 N–H and O–H groups in total. The van der Waals surface area contributed by atoms with Crippen LogP contribution in [0.2, 0.25) is 0 Å². The van der Waals surface area contributed by atoms with Crippen LogP contribution in [0.25, 0.3) is 0 Å². The fraction of sp³-hybridized carbons (Fsp3) is 0.800. The summed E-state index contributed by atoms with van der Waals surface area (Å²) in [7, 11) is 1.48. The molecule has 1 saturated carbocycles. The molecule has 0 atom stereocenters. The van der Waals surface area contributed by atoms with Crippen molar-refractivity contribution in [3.63, 3.8) is 0 Å². The Labute approximate surface area is 104 Å². The van der Waals surface area contributed by atoms with Gasteiger partial charge in [0.25, 0.3) is 0 Å². The number of carbonyl (C=O) groups excluding carboxylic acids is 2. The average Bonchev–Trinajstić information content (AvgIpc) is 2.28. The van der Waals surface area contributed by atoms with Gasteiger partial charge in [-0.3, -0.25) is 12.7 Å². The highest BCUT2D eigenvalue weighted by atomic mass is 127. The minimum Gasteiger partial charge on any atom is -0.351 e. The van der Waals surface area contributed by atoms with Crippen LogP contribution in [0.4, 0.5) is 0 Å². The number of carbonyl (C=O) groups is 2. The van der Waals surface area contributed by atoms with Crippen LogP contribution in [0, 0.1) is 5.92 Å². The minimum absolute atomic E-state index is 0.441. The van der Waals surface area contributed by atoms with Crippen molar-refractivity contribution in [2.75, 3.05) is 13.6 Å². The van der Waals surface area contributed by atoms with Crippen LogP contribution in [0.3, 0.4) is 0 Å². The van der Waals surface area contributed by atoms with Crippen molar-refractivity contribution in [1.82, 2.24) is 8.43 Å². The number of hydrogen-bond donors (Lipinski definition) is 1.